The lowest BCUT2D eigenvalue weighted by Crippen LogP contribution is -2.66. The second-order valence-electron chi connectivity index (χ2n) is 20.9. The van der Waals surface area contributed by atoms with Crippen LogP contribution in [0.2, 0.25) is 0 Å². The second kappa shape index (κ2) is 50.5. The largest absolute Gasteiger partial charge is 0.463 e. The summed E-state index contributed by atoms with van der Waals surface area (Å²) < 4.78 is 101. The van der Waals surface area contributed by atoms with Gasteiger partial charge in [-0.1, -0.05) is 0 Å². The molecule has 93 heavy (non-hydrogen) atoms. The molecule has 2 fully saturated rings. The summed E-state index contributed by atoms with van der Waals surface area (Å²) in [5.74, 6) is -5.25. The molecule has 0 saturated carbocycles. The van der Waals surface area contributed by atoms with Gasteiger partial charge in [0.25, 0.3) is 0 Å². The van der Waals surface area contributed by atoms with E-state index in [1.54, 1.807) is 7.05 Å². The van der Waals surface area contributed by atoms with E-state index in [1.807, 2.05) is 0 Å². The Hall–Kier alpha value is -5.90. The van der Waals surface area contributed by atoms with Gasteiger partial charge in [-0.25, -0.2) is 0 Å². The van der Waals surface area contributed by atoms with Crippen molar-refractivity contribution in [2.24, 2.45) is 0 Å². The fourth-order valence-corrected chi connectivity index (χ4v) is 8.82. The van der Waals surface area contributed by atoms with Gasteiger partial charge in [-0.05, 0) is 7.05 Å². The first-order valence-corrected chi connectivity index (χ1v) is 30.7. The third-order valence-corrected chi connectivity index (χ3v) is 12.9. The zero-order chi connectivity index (χ0) is 68.7. The third kappa shape index (κ3) is 39.5. The summed E-state index contributed by atoms with van der Waals surface area (Å²) >= 11 is 0. The lowest BCUT2D eigenvalue weighted by molar-refractivity contribution is -0.279. The smallest absolute Gasteiger partial charge is 0.303 e. The van der Waals surface area contributed by atoms with E-state index in [1.165, 1.54) is 48.7 Å². The van der Waals surface area contributed by atoms with Crippen molar-refractivity contribution in [2.75, 3.05) is 179 Å². The lowest BCUT2D eigenvalue weighted by atomic mass is 9.96. The van der Waals surface area contributed by atoms with Gasteiger partial charge >= 0.3 is 29.8 Å². The molecule has 536 valence electrons. The number of methoxy groups -OCH3 is 1. The zero-order valence-corrected chi connectivity index (χ0v) is 54.8. The van der Waals surface area contributed by atoms with Crippen LogP contribution in [0.15, 0.2) is 0 Å². The first-order valence-electron chi connectivity index (χ1n) is 30.7. The molecule has 0 aromatic carbocycles. The summed E-state index contributed by atoms with van der Waals surface area (Å²) in [6, 6.07) is -0.951. The van der Waals surface area contributed by atoms with Gasteiger partial charge in [-0.15, -0.1) is 0 Å². The number of carbonyl (C=O) groups is 10. The number of aliphatic hydroxyl groups excluding tert-OH is 1. The Labute approximate surface area is 541 Å². The molecule has 8 unspecified atom stereocenters. The minimum atomic E-state index is -1.43. The van der Waals surface area contributed by atoms with Crippen molar-refractivity contribution in [1.29, 1.82) is 0 Å². The van der Waals surface area contributed by atoms with Crippen LogP contribution < -0.4 is 31.9 Å². The Morgan fingerprint density at radius 1 is 0.462 bits per heavy atom. The van der Waals surface area contributed by atoms with Crippen molar-refractivity contribution in [3.8, 4) is 0 Å². The molecular weight excluding hydrogens is 1240 g/mol. The zero-order valence-electron chi connectivity index (χ0n) is 54.8. The monoisotopic (exact) mass is 1340 g/mol. The maximum Gasteiger partial charge on any atom is 0.303 e. The maximum absolute atomic E-state index is 13.6. The van der Waals surface area contributed by atoms with Crippen molar-refractivity contribution in [2.45, 2.75) is 134 Å². The van der Waals surface area contributed by atoms with Gasteiger partial charge in [0.15, 0.2) is 24.8 Å². The first-order chi connectivity index (χ1) is 44.6. The molecule has 2 saturated heterocycles. The highest BCUT2D eigenvalue weighted by atomic mass is 16.7. The summed E-state index contributed by atoms with van der Waals surface area (Å²) in [7, 11) is 3.15. The predicted molar refractivity (Wildman–Crippen MR) is 318 cm³/mol. The summed E-state index contributed by atoms with van der Waals surface area (Å²) in [6.45, 7) is 7.87. The van der Waals surface area contributed by atoms with Crippen LogP contribution in [0, 0.1) is 0 Å². The van der Waals surface area contributed by atoms with Gasteiger partial charge in [-0.2, -0.15) is 0 Å². The highest BCUT2D eigenvalue weighted by Crippen LogP contribution is 2.29. The molecule has 0 aliphatic carbocycles. The van der Waals surface area contributed by atoms with Gasteiger partial charge in [-0.3, -0.25) is 47.9 Å². The summed E-state index contributed by atoms with van der Waals surface area (Å²) in [5.41, 5.74) is -1.43. The van der Waals surface area contributed by atoms with Gasteiger partial charge in [0, 0.05) is 107 Å². The summed E-state index contributed by atoms with van der Waals surface area (Å²) in [6.07, 6.45) is -8.58. The fourth-order valence-electron chi connectivity index (χ4n) is 8.82. The van der Waals surface area contributed by atoms with E-state index in [9.17, 15) is 47.9 Å². The van der Waals surface area contributed by atoms with Crippen LogP contribution in [-0.4, -0.2) is 304 Å². The number of aliphatic hydroxyl groups is 1. The Kier molecular flexibility index (Phi) is 45.2. The van der Waals surface area contributed by atoms with E-state index in [2.05, 4.69) is 31.9 Å². The highest BCUT2D eigenvalue weighted by Gasteiger charge is 2.50. The molecule has 0 aromatic heterocycles. The van der Waals surface area contributed by atoms with Crippen LogP contribution in [-0.2, 0) is 133 Å². The van der Waals surface area contributed by atoms with E-state index < -0.39 is 114 Å². The number of esters is 5. The highest BCUT2D eigenvalue weighted by molar-refractivity contribution is 5.78. The molecule has 0 bridgehead atoms. The second-order valence-corrected chi connectivity index (χ2v) is 20.9. The molecule has 0 aromatic rings. The van der Waals surface area contributed by atoms with Crippen molar-refractivity contribution in [1.82, 2.24) is 31.9 Å². The average Bonchev–Trinajstić information content (AvgIpc) is 0.823. The third-order valence-electron chi connectivity index (χ3n) is 12.9. The van der Waals surface area contributed by atoms with Gasteiger partial charge in [0.05, 0.1) is 126 Å². The molecule has 2 heterocycles. The molecule has 2 aliphatic heterocycles. The Morgan fingerprint density at radius 2 is 0.892 bits per heavy atom. The minimum Gasteiger partial charge on any atom is -0.463 e. The maximum atomic E-state index is 13.6. The Balaban J connectivity index is 2.04. The minimum absolute atomic E-state index is 0.000252. The molecule has 35 heteroatoms. The van der Waals surface area contributed by atoms with Crippen LogP contribution in [0.5, 0.6) is 0 Å². The van der Waals surface area contributed by atoms with Gasteiger partial charge in [0.2, 0.25) is 29.5 Å². The topological polar surface area (TPSA) is 429 Å². The molecule has 0 radical (unpaired) electrons. The van der Waals surface area contributed by atoms with Crippen molar-refractivity contribution in [3.05, 3.63) is 0 Å². The Bertz CT molecular complexity index is 2190. The number of ether oxygens (including phenoxy) is 18. The Morgan fingerprint density at radius 3 is 1.35 bits per heavy atom. The standard InChI is InChI=1S/C58H100N6O29/c1-39(66)63-53-56(76-8)55(91-44(6)71)47(35-88-41(3)68)93-57(53)86-32-30-81-25-16-62-50(74)11-21-84-38-58(36-82-19-9-48(72)60-14-23-78-26-17-65,64-51(75)12-18-77-27-28-79-22-13-59-7)37-83-20-10-49(73)61-15-24-80-29-31-85-52-33-45(89-42(4)69)54(90-43(5)70)46(92-52)34-87-40(2)67/h45-47,52-57,59,65H,9-38H2,1-8H3,(H,60,72)(H,61,73)(H,62,74)(H,63,66)(H,64,75)/t45?,46?,47-,52?,53+,54?,55?,56?,57?,58?/m1/s1. The van der Waals surface area contributed by atoms with Crippen LogP contribution in [0.25, 0.3) is 0 Å². The number of amides is 5. The first kappa shape index (κ1) is 83.2. The van der Waals surface area contributed by atoms with Gasteiger partial charge in [0.1, 0.15) is 49.2 Å². The van der Waals surface area contributed by atoms with Gasteiger partial charge < -0.3 is 122 Å². The molecule has 2 aliphatic rings. The van der Waals surface area contributed by atoms with E-state index >= 15 is 0 Å². The van der Waals surface area contributed by atoms with Crippen molar-refractivity contribution < 1.29 is 138 Å². The molecular formula is C58H100N6O29. The quantitative estimate of drug-likeness (QED) is 0.0176. The molecule has 2 rings (SSSR count). The lowest BCUT2D eigenvalue weighted by Gasteiger charge is -2.45. The van der Waals surface area contributed by atoms with Crippen LogP contribution in [0.4, 0.5) is 0 Å². The van der Waals surface area contributed by atoms with Crippen LogP contribution >= 0.6 is 0 Å². The fraction of sp³-hybridized carbons (Fsp3) is 0.828. The summed E-state index contributed by atoms with van der Waals surface area (Å²) in [4.78, 5) is 123. The number of carbonyl (C=O) groups excluding carboxylic acids is 10. The molecule has 0 spiro atoms. The average molecular weight is 1350 g/mol. The number of hydrogen-bond donors (Lipinski definition) is 7. The van der Waals surface area contributed by atoms with E-state index in [0.717, 1.165) is 0 Å². The molecule has 7 N–H and O–H groups in total. The number of likely N-dealkylation sites (N-methyl/N-ethyl adjacent to an activating group) is 1. The van der Waals surface area contributed by atoms with E-state index in [4.69, 9.17) is 90.4 Å². The number of nitrogens with one attached hydrogen (secondary N) is 6. The molecule has 10 atom stereocenters. The SMILES string of the molecule is CNCCOCCOCCC(=O)NC(COCCC(=O)NCCOCCO)(COCCC(=O)NCCOCCOC1CC(OC(C)=O)C(OC(C)=O)C(COC(C)=O)O1)COCCC(=O)NCCOCCOC1O[C@H](COC(C)=O)C(OC(C)=O)C(OC)[C@@H]1NC(C)=O. The molecule has 35 nitrogen and oxygen atoms in total. The normalized spacial score (nSPS) is 20.8. The van der Waals surface area contributed by atoms with Crippen molar-refractivity contribution in [3.63, 3.8) is 0 Å². The number of rotatable bonds is 53. The van der Waals surface area contributed by atoms with E-state index in [-0.39, 0.29) is 183 Å². The molecule has 5 amide bonds. The number of hydrogen-bond acceptors (Lipinski definition) is 30. The predicted octanol–water partition coefficient (Wildman–Crippen LogP) is -3.59. The van der Waals surface area contributed by atoms with Crippen LogP contribution in [0.3, 0.4) is 0 Å². The van der Waals surface area contributed by atoms with Crippen molar-refractivity contribution >= 4 is 59.4 Å². The summed E-state index contributed by atoms with van der Waals surface area (Å²) in [5, 5.41) is 25.7. The van der Waals surface area contributed by atoms with E-state index in [0.29, 0.717) is 19.8 Å². The van der Waals surface area contributed by atoms with Crippen LogP contribution in [0.1, 0.15) is 73.6 Å².